The molecule has 0 aromatic heterocycles. The molecule has 7 heteroatoms. The van der Waals surface area contributed by atoms with E-state index in [4.69, 9.17) is 4.74 Å². The van der Waals surface area contributed by atoms with E-state index in [1.165, 1.54) is 6.08 Å². The van der Waals surface area contributed by atoms with Crippen LogP contribution in [0.25, 0.3) is 6.08 Å². The summed E-state index contributed by atoms with van der Waals surface area (Å²) >= 11 is 2.13. The van der Waals surface area contributed by atoms with Gasteiger partial charge < -0.3 is 4.74 Å². The molecule has 0 saturated carbocycles. The summed E-state index contributed by atoms with van der Waals surface area (Å²) in [4.78, 5) is 38.5. The topological polar surface area (TPSA) is 75.7 Å². The SMILES string of the molecule is CCOc1ccc(/C=C2\C(=O)NC(=O)N(c3ccc(C)c(C)c3)C2=O)cc1I. The molecular weight excluding hydrogens is 471 g/mol. The van der Waals surface area contributed by atoms with Crippen molar-refractivity contribution in [1.29, 1.82) is 0 Å². The van der Waals surface area contributed by atoms with Gasteiger partial charge in [-0.05, 0) is 90.4 Å². The number of carbonyl (C=O) groups excluding carboxylic acids is 3. The van der Waals surface area contributed by atoms with Crippen LogP contribution < -0.4 is 15.0 Å². The Labute approximate surface area is 176 Å². The van der Waals surface area contributed by atoms with Crippen molar-refractivity contribution < 1.29 is 19.1 Å². The van der Waals surface area contributed by atoms with Gasteiger partial charge in [0.1, 0.15) is 11.3 Å². The van der Waals surface area contributed by atoms with Gasteiger partial charge >= 0.3 is 6.03 Å². The summed E-state index contributed by atoms with van der Waals surface area (Å²) < 4.78 is 6.37. The molecule has 0 atom stereocenters. The predicted molar refractivity (Wildman–Crippen MR) is 115 cm³/mol. The van der Waals surface area contributed by atoms with Crippen molar-refractivity contribution in [3.63, 3.8) is 0 Å². The Hall–Kier alpha value is -2.68. The zero-order valence-electron chi connectivity index (χ0n) is 15.7. The third-order valence-corrected chi connectivity index (χ3v) is 5.26. The summed E-state index contributed by atoms with van der Waals surface area (Å²) in [5.74, 6) is -0.628. The first kappa shape index (κ1) is 20.1. The number of aryl methyl sites for hydroxylation is 2. The lowest BCUT2D eigenvalue weighted by molar-refractivity contribution is -0.122. The first-order chi connectivity index (χ1) is 13.3. The Morgan fingerprint density at radius 2 is 1.82 bits per heavy atom. The highest BCUT2D eigenvalue weighted by molar-refractivity contribution is 14.1. The molecule has 2 aromatic rings. The summed E-state index contributed by atoms with van der Waals surface area (Å²) in [6.07, 6.45) is 1.48. The molecule has 144 valence electrons. The largest absolute Gasteiger partial charge is 0.493 e. The fourth-order valence-corrected chi connectivity index (χ4v) is 3.50. The second-order valence-corrected chi connectivity index (χ2v) is 7.51. The van der Waals surface area contributed by atoms with Crippen LogP contribution in [0.5, 0.6) is 5.75 Å². The molecule has 4 amide bonds. The molecule has 3 rings (SSSR count). The van der Waals surface area contributed by atoms with Crippen molar-refractivity contribution in [2.45, 2.75) is 20.8 Å². The molecule has 28 heavy (non-hydrogen) atoms. The molecule has 1 saturated heterocycles. The summed E-state index contributed by atoms with van der Waals surface area (Å²) in [6.45, 7) is 6.29. The van der Waals surface area contributed by atoms with Crippen LogP contribution in [0.2, 0.25) is 0 Å². The number of rotatable bonds is 4. The maximum Gasteiger partial charge on any atom is 0.335 e. The first-order valence-electron chi connectivity index (χ1n) is 8.73. The number of nitrogens with zero attached hydrogens (tertiary/aromatic N) is 1. The van der Waals surface area contributed by atoms with E-state index in [1.807, 2.05) is 32.9 Å². The van der Waals surface area contributed by atoms with E-state index in [2.05, 4.69) is 27.9 Å². The van der Waals surface area contributed by atoms with Gasteiger partial charge in [0, 0.05) is 0 Å². The van der Waals surface area contributed by atoms with E-state index in [-0.39, 0.29) is 5.57 Å². The molecule has 1 N–H and O–H groups in total. The van der Waals surface area contributed by atoms with Crippen LogP contribution in [0.15, 0.2) is 42.0 Å². The highest BCUT2D eigenvalue weighted by atomic mass is 127. The highest BCUT2D eigenvalue weighted by Gasteiger charge is 2.36. The molecule has 0 aliphatic carbocycles. The van der Waals surface area contributed by atoms with E-state index >= 15 is 0 Å². The number of benzene rings is 2. The number of anilines is 1. The number of halogens is 1. The second kappa shape index (κ2) is 8.14. The number of imide groups is 2. The van der Waals surface area contributed by atoms with Crippen molar-refractivity contribution in [3.8, 4) is 5.75 Å². The molecule has 0 spiro atoms. The zero-order chi connectivity index (χ0) is 20.4. The van der Waals surface area contributed by atoms with Gasteiger partial charge in [0.2, 0.25) is 0 Å². The van der Waals surface area contributed by atoms with Gasteiger partial charge in [0.15, 0.2) is 0 Å². The maximum atomic E-state index is 13.0. The number of barbiturate groups is 1. The third kappa shape index (κ3) is 3.94. The van der Waals surface area contributed by atoms with Gasteiger partial charge in [-0.15, -0.1) is 0 Å². The van der Waals surface area contributed by atoms with E-state index in [0.717, 1.165) is 25.3 Å². The third-order valence-electron chi connectivity index (χ3n) is 4.42. The lowest BCUT2D eigenvalue weighted by atomic mass is 10.1. The molecule has 2 aromatic carbocycles. The van der Waals surface area contributed by atoms with Crippen LogP contribution >= 0.6 is 22.6 Å². The van der Waals surface area contributed by atoms with Crippen LogP contribution in [-0.4, -0.2) is 24.5 Å². The van der Waals surface area contributed by atoms with Crippen LogP contribution in [0.1, 0.15) is 23.6 Å². The van der Waals surface area contributed by atoms with Gasteiger partial charge in [-0.3, -0.25) is 14.9 Å². The summed E-state index contributed by atoms with van der Waals surface area (Å²) in [5, 5.41) is 2.24. The van der Waals surface area contributed by atoms with Gasteiger partial charge in [0.25, 0.3) is 11.8 Å². The predicted octanol–water partition coefficient (Wildman–Crippen LogP) is 3.97. The number of nitrogens with one attached hydrogen (secondary N) is 1. The fraction of sp³-hybridized carbons (Fsp3) is 0.190. The second-order valence-electron chi connectivity index (χ2n) is 6.35. The van der Waals surface area contributed by atoms with Gasteiger partial charge in [-0.25, -0.2) is 9.69 Å². The number of hydrogen-bond acceptors (Lipinski definition) is 4. The standard InChI is InChI=1S/C21H19IN2O4/c1-4-28-18-8-6-14(11-17(18)22)10-16-19(25)23-21(27)24(20(16)26)15-7-5-12(2)13(3)9-15/h5-11H,4H2,1-3H3,(H,23,25,27)/b16-10+. The number of ether oxygens (including phenoxy) is 1. The highest BCUT2D eigenvalue weighted by Crippen LogP contribution is 2.26. The fourth-order valence-electron chi connectivity index (χ4n) is 2.80. The molecule has 0 unspecified atom stereocenters. The van der Waals surface area contributed by atoms with Gasteiger partial charge in [-0.2, -0.15) is 0 Å². The average Bonchev–Trinajstić information content (AvgIpc) is 2.63. The molecule has 1 fully saturated rings. The van der Waals surface area contributed by atoms with E-state index in [1.54, 1.807) is 24.3 Å². The minimum Gasteiger partial charge on any atom is -0.493 e. The van der Waals surface area contributed by atoms with Crippen molar-refractivity contribution in [2.24, 2.45) is 0 Å². The number of hydrogen-bond donors (Lipinski definition) is 1. The van der Waals surface area contributed by atoms with Crippen molar-refractivity contribution in [2.75, 3.05) is 11.5 Å². The van der Waals surface area contributed by atoms with Crippen LogP contribution in [0, 0.1) is 17.4 Å². The summed E-state index contributed by atoms with van der Waals surface area (Å²) in [5.41, 5.74) is 2.98. The summed E-state index contributed by atoms with van der Waals surface area (Å²) in [7, 11) is 0. The lowest BCUT2D eigenvalue weighted by Crippen LogP contribution is -2.54. The summed E-state index contributed by atoms with van der Waals surface area (Å²) in [6, 6.07) is 9.88. The molecule has 6 nitrogen and oxygen atoms in total. The average molecular weight is 490 g/mol. The van der Waals surface area contributed by atoms with E-state index in [9.17, 15) is 14.4 Å². The smallest absolute Gasteiger partial charge is 0.335 e. The normalized spacial score (nSPS) is 15.8. The molecule has 1 aliphatic rings. The molecule has 1 aliphatic heterocycles. The van der Waals surface area contributed by atoms with Crippen LogP contribution in [0.3, 0.4) is 0 Å². The molecule has 1 heterocycles. The number of amides is 4. The van der Waals surface area contributed by atoms with Crippen LogP contribution in [-0.2, 0) is 9.59 Å². The lowest BCUT2D eigenvalue weighted by Gasteiger charge is -2.26. The monoisotopic (exact) mass is 490 g/mol. The maximum absolute atomic E-state index is 13.0. The number of carbonyl (C=O) groups is 3. The van der Waals surface area contributed by atoms with Crippen molar-refractivity contribution in [3.05, 3.63) is 62.2 Å². The first-order valence-corrected chi connectivity index (χ1v) is 9.80. The minimum atomic E-state index is -0.753. The Balaban J connectivity index is 1.98. The quantitative estimate of drug-likeness (QED) is 0.400. The van der Waals surface area contributed by atoms with Crippen molar-refractivity contribution >= 4 is 52.2 Å². The van der Waals surface area contributed by atoms with Gasteiger partial charge in [-0.1, -0.05) is 12.1 Å². The van der Waals surface area contributed by atoms with E-state index < -0.39 is 17.8 Å². The number of urea groups is 1. The molecule has 0 radical (unpaired) electrons. The zero-order valence-corrected chi connectivity index (χ0v) is 17.9. The molecular formula is C21H19IN2O4. The van der Waals surface area contributed by atoms with Crippen LogP contribution in [0.4, 0.5) is 10.5 Å². The molecule has 0 bridgehead atoms. The Kier molecular flexibility index (Phi) is 5.83. The Morgan fingerprint density at radius 3 is 2.46 bits per heavy atom. The Bertz CT molecular complexity index is 1010. The Morgan fingerprint density at radius 1 is 1.07 bits per heavy atom. The minimum absolute atomic E-state index is 0.0993. The van der Waals surface area contributed by atoms with E-state index in [0.29, 0.717) is 17.9 Å². The van der Waals surface area contributed by atoms with Crippen molar-refractivity contribution in [1.82, 2.24) is 5.32 Å². The van der Waals surface area contributed by atoms with Gasteiger partial charge in [0.05, 0.1) is 15.9 Å².